The third-order valence-electron chi connectivity index (χ3n) is 6.00. The summed E-state index contributed by atoms with van der Waals surface area (Å²) in [5.74, 6) is 2.14. The number of piperidine rings is 1. The number of carbonyl (C=O) groups excluding carboxylic acids is 1. The van der Waals surface area contributed by atoms with Crippen LogP contribution in [0, 0.1) is 5.92 Å². The third kappa shape index (κ3) is 4.37. The fourth-order valence-corrected chi connectivity index (χ4v) is 4.86. The second-order valence-corrected chi connectivity index (χ2v) is 9.00. The zero-order chi connectivity index (χ0) is 21.1. The van der Waals surface area contributed by atoms with Gasteiger partial charge in [-0.15, -0.1) is 11.3 Å². The molecule has 4 rings (SSSR count). The van der Waals surface area contributed by atoms with Gasteiger partial charge in [-0.2, -0.15) is 5.10 Å². The number of thiophene rings is 1. The number of carbonyl (C=O) groups is 1. The van der Waals surface area contributed by atoms with E-state index in [4.69, 9.17) is 14.6 Å². The number of methoxy groups -OCH3 is 2. The Balaban J connectivity index is 1.59. The summed E-state index contributed by atoms with van der Waals surface area (Å²) in [5.41, 5.74) is 1.97. The number of rotatable bonds is 6. The molecule has 1 amide bonds. The standard InChI is InChI=1S/C23H29N3O3S/c1-16-8-10-25(11-9-16)15-23(27)26-19(14-18(24-26)22-5-4-12-30-22)17-6-7-20(28-2)21(13-17)29-3/h4-7,12-13,16,19H,8-11,14-15H2,1-3H3. The summed E-state index contributed by atoms with van der Waals surface area (Å²) in [6, 6.07) is 9.80. The SMILES string of the molecule is COc1ccc(C2CC(c3cccs3)=NN2C(=O)CN2CCC(C)CC2)cc1OC. The average molecular weight is 428 g/mol. The van der Waals surface area contributed by atoms with Crippen molar-refractivity contribution >= 4 is 23.0 Å². The van der Waals surface area contributed by atoms with E-state index in [1.807, 2.05) is 29.6 Å². The Morgan fingerprint density at radius 3 is 2.60 bits per heavy atom. The quantitative estimate of drug-likeness (QED) is 0.694. The van der Waals surface area contributed by atoms with Gasteiger partial charge in [0.05, 0.1) is 37.4 Å². The van der Waals surface area contributed by atoms with Gasteiger partial charge in [-0.1, -0.05) is 19.1 Å². The minimum absolute atomic E-state index is 0.0518. The van der Waals surface area contributed by atoms with E-state index in [0.29, 0.717) is 24.5 Å². The molecule has 1 unspecified atom stereocenters. The zero-order valence-corrected chi connectivity index (χ0v) is 18.7. The molecule has 0 radical (unpaired) electrons. The Morgan fingerprint density at radius 2 is 1.93 bits per heavy atom. The maximum atomic E-state index is 13.3. The van der Waals surface area contributed by atoms with Crippen molar-refractivity contribution < 1.29 is 14.3 Å². The van der Waals surface area contributed by atoms with Gasteiger partial charge in [-0.05, 0) is 61.0 Å². The number of hydrazone groups is 1. The molecular weight excluding hydrogens is 398 g/mol. The molecule has 7 heteroatoms. The topological polar surface area (TPSA) is 54.4 Å². The Morgan fingerprint density at radius 1 is 1.17 bits per heavy atom. The van der Waals surface area contributed by atoms with Gasteiger partial charge >= 0.3 is 0 Å². The highest BCUT2D eigenvalue weighted by molar-refractivity contribution is 7.12. The number of amides is 1. The van der Waals surface area contributed by atoms with Crippen molar-refractivity contribution in [2.45, 2.75) is 32.2 Å². The van der Waals surface area contributed by atoms with E-state index in [1.165, 1.54) is 0 Å². The molecule has 6 nitrogen and oxygen atoms in total. The molecule has 0 saturated carbocycles. The second-order valence-electron chi connectivity index (χ2n) is 8.06. The molecule has 3 heterocycles. The Hall–Kier alpha value is -2.38. The summed E-state index contributed by atoms with van der Waals surface area (Å²) in [6.45, 7) is 4.65. The maximum Gasteiger partial charge on any atom is 0.257 e. The number of benzene rings is 1. The van der Waals surface area contributed by atoms with E-state index >= 15 is 0 Å². The normalized spacial score (nSPS) is 20.3. The lowest BCUT2D eigenvalue weighted by Crippen LogP contribution is -2.41. The summed E-state index contributed by atoms with van der Waals surface area (Å²) < 4.78 is 10.9. The molecule has 1 atom stereocenters. The molecule has 2 aliphatic heterocycles. The number of likely N-dealkylation sites (tertiary alicyclic amines) is 1. The molecule has 0 bridgehead atoms. The van der Waals surface area contributed by atoms with Gasteiger partial charge in [0.15, 0.2) is 11.5 Å². The minimum Gasteiger partial charge on any atom is -0.493 e. The zero-order valence-electron chi connectivity index (χ0n) is 17.8. The number of nitrogens with zero attached hydrogens (tertiary/aromatic N) is 3. The van der Waals surface area contributed by atoms with Crippen molar-refractivity contribution in [2.24, 2.45) is 11.0 Å². The summed E-state index contributed by atoms with van der Waals surface area (Å²) in [6.07, 6.45) is 2.99. The number of ether oxygens (including phenoxy) is 2. The highest BCUT2D eigenvalue weighted by Gasteiger charge is 2.34. The first kappa shape index (κ1) is 20.9. The molecule has 1 saturated heterocycles. The largest absolute Gasteiger partial charge is 0.493 e. The summed E-state index contributed by atoms with van der Waals surface area (Å²) in [7, 11) is 3.25. The van der Waals surface area contributed by atoms with Gasteiger partial charge in [0.25, 0.3) is 5.91 Å². The second kappa shape index (κ2) is 9.18. The smallest absolute Gasteiger partial charge is 0.257 e. The van der Waals surface area contributed by atoms with Crippen LogP contribution >= 0.6 is 11.3 Å². The van der Waals surface area contributed by atoms with Gasteiger partial charge in [0, 0.05) is 6.42 Å². The van der Waals surface area contributed by atoms with E-state index in [1.54, 1.807) is 30.6 Å². The molecule has 30 heavy (non-hydrogen) atoms. The molecule has 0 spiro atoms. The van der Waals surface area contributed by atoms with Crippen molar-refractivity contribution in [2.75, 3.05) is 33.9 Å². The maximum absolute atomic E-state index is 13.3. The predicted octanol–water partition coefficient (Wildman–Crippen LogP) is 4.17. The van der Waals surface area contributed by atoms with Crippen molar-refractivity contribution in [1.82, 2.24) is 9.91 Å². The fourth-order valence-electron chi connectivity index (χ4n) is 4.14. The first-order valence-corrected chi connectivity index (χ1v) is 11.3. The Labute approximate surface area is 182 Å². The van der Waals surface area contributed by atoms with Crippen LogP contribution in [-0.4, -0.2) is 55.4 Å². The van der Waals surface area contributed by atoms with Crippen LogP contribution in [0.1, 0.15) is 42.7 Å². The lowest BCUT2D eigenvalue weighted by Gasteiger charge is -2.31. The van der Waals surface area contributed by atoms with Gasteiger partial charge in [-0.3, -0.25) is 9.69 Å². The summed E-state index contributed by atoms with van der Waals surface area (Å²) >= 11 is 1.66. The van der Waals surface area contributed by atoms with E-state index < -0.39 is 0 Å². The van der Waals surface area contributed by atoms with Crippen LogP contribution in [0.15, 0.2) is 40.8 Å². The molecular formula is C23H29N3O3S. The van der Waals surface area contributed by atoms with Gasteiger partial charge in [-0.25, -0.2) is 5.01 Å². The molecule has 1 fully saturated rings. The van der Waals surface area contributed by atoms with E-state index in [-0.39, 0.29) is 11.9 Å². The summed E-state index contributed by atoms with van der Waals surface area (Å²) in [5, 5.41) is 8.51. The van der Waals surface area contributed by atoms with Crippen LogP contribution in [0.4, 0.5) is 0 Å². The van der Waals surface area contributed by atoms with Crippen molar-refractivity contribution in [1.29, 1.82) is 0 Å². The van der Waals surface area contributed by atoms with E-state index in [2.05, 4.69) is 17.9 Å². The highest BCUT2D eigenvalue weighted by Crippen LogP contribution is 2.38. The fraction of sp³-hybridized carbons (Fsp3) is 0.478. The number of hydrogen-bond acceptors (Lipinski definition) is 6. The van der Waals surface area contributed by atoms with E-state index in [9.17, 15) is 4.79 Å². The first-order valence-electron chi connectivity index (χ1n) is 10.5. The Kier molecular flexibility index (Phi) is 6.39. The molecule has 2 aromatic rings. The lowest BCUT2D eigenvalue weighted by atomic mass is 9.99. The average Bonchev–Trinajstić information content (AvgIpc) is 3.45. The third-order valence-corrected chi connectivity index (χ3v) is 6.92. The molecule has 1 aromatic heterocycles. The van der Waals surface area contributed by atoms with Crippen molar-refractivity contribution in [3.63, 3.8) is 0 Å². The van der Waals surface area contributed by atoms with Crippen LogP contribution in [-0.2, 0) is 4.79 Å². The Bertz CT molecular complexity index is 904. The van der Waals surface area contributed by atoms with Crippen LogP contribution in [0.5, 0.6) is 11.5 Å². The van der Waals surface area contributed by atoms with Crippen LogP contribution < -0.4 is 9.47 Å². The van der Waals surface area contributed by atoms with Crippen LogP contribution in [0.2, 0.25) is 0 Å². The van der Waals surface area contributed by atoms with Gasteiger partial charge in [0.2, 0.25) is 0 Å². The minimum atomic E-state index is -0.141. The molecule has 1 aromatic carbocycles. The van der Waals surface area contributed by atoms with Crippen molar-refractivity contribution in [3.8, 4) is 11.5 Å². The number of hydrogen-bond donors (Lipinski definition) is 0. The summed E-state index contributed by atoms with van der Waals surface area (Å²) in [4.78, 5) is 16.7. The molecule has 0 aliphatic carbocycles. The van der Waals surface area contributed by atoms with Crippen LogP contribution in [0.3, 0.4) is 0 Å². The predicted molar refractivity (Wildman–Crippen MR) is 119 cm³/mol. The van der Waals surface area contributed by atoms with E-state index in [0.717, 1.165) is 48.0 Å². The van der Waals surface area contributed by atoms with Crippen LogP contribution in [0.25, 0.3) is 0 Å². The van der Waals surface area contributed by atoms with Gasteiger partial charge < -0.3 is 9.47 Å². The molecule has 2 aliphatic rings. The van der Waals surface area contributed by atoms with Gasteiger partial charge in [0.1, 0.15) is 0 Å². The monoisotopic (exact) mass is 427 g/mol. The lowest BCUT2D eigenvalue weighted by molar-refractivity contribution is -0.134. The molecule has 0 N–H and O–H groups in total. The highest BCUT2D eigenvalue weighted by atomic mass is 32.1. The first-order chi connectivity index (χ1) is 14.6. The molecule has 160 valence electrons. The van der Waals surface area contributed by atoms with Crippen molar-refractivity contribution in [3.05, 3.63) is 46.2 Å².